The van der Waals surface area contributed by atoms with Gasteiger partial charge in [-0.15, -0.1) is 10.2 Å². The van der Waals surface area contributed by atoms with E-state index in [0.29, 0.717) is 17.1 Å². The standard InChI is InChI=1S/C18H18N6O4/c1-4-24-17(26)13(15(19)25)9(2)14(18(24)27)22-21-12-8-6-5-7-11(12)16-20-10(3)23-28-16/h5-8,26H,4H2,1-3H3,(H2,19,25). The highest BCUT2D eigenvalue weighted by molar-refractivity contribution is 5.97. The molecule has 1 aromatic carbocycles. The molecule has 3 aromatic rings. The lowest BCUT2D eigenvalue weighted by Gasteiger charge is -2.13. The van der Waals surface area contributed by atoms with Crippen molar-refractivity contribution in [2.75, 3.05) is 0 Å². The first-order valence-electron chi connectivity index (χ1n) is 8.42. The second-order valence-corrected chi connectivity index (χ2v) is 5.95. The molecular formula is C18H18N6O4. The summed E-state index contributed by atoms with van der Waals surface area (Å²) in [5, 5.41) is 22.1. The fourth-order valence-electron chi connectivity index (χ4n) is 2.76. The van der Waals surface area contributed by atoms with Crippen molar-refractivity contribution in [3.05, 3.63) is 51.6 Å². The van der Waals surface area contributed by atoms with Gasteiger partial charge in [0.25, 0.3) is 17.4 Å². The number of benzene rings is 1. The molecule has 0 unspecified atom stereocenters. The monoisotopic (exact) mass is 382 g/mol. The van der Waals surface area contributed by atoms with E-state index in [1.54, 1.807) is 38.1 Å². The molecule has 0 aliphatic rings. The number of hydrogen-bond donors (Lipinski definition) is 2. The molecule has 0 spiro atoms. The number of carbonyl (C=O) groups is 1. The van der Waals surface area contributed by atoms with Crippen molar-refractivity contribution < 1.29 is 14.4 Å². The van der Waals surface area contributed by atoms with E-state index >= 15 is 0 Å². The molecule has 2 aromatic heterocycles. The third-order valence-electron chi connectivity index (χ3n) is 4.14. The maximum atomic E-state index is 12.7. The molecule has 10 nitrogen and oxygen atoms in total. The Morgan fingerprint density at radius 1 is 1.29 bits per heavy atom. The molecule has 1 amide bonds. The third kappa shape index (κ3) is 3.27. The Morgan fingerprint density at radius 2 is 2.00 bits per heavy atom. The molecule has 0 saturated carbocycles. The van der Waals surface area contributed by atoms with Gasteiger partial charge in [-0.05, 0) is 32.9 Å². The summed E-state index contributed by atoms with van der Waals surface area (Å²) in [6.07, 6.45) is 0. The van der Waals surface area contributed by atoms with E-state index in [1.165, 1.54) is 6.92 Å². The third-order valence-corrected chi connectivity index (χ3v) is 4.14. The van der Waals surface area contributed by atoms with Crippen molar-refractivity contribution in [2.24, 2.45) is 16.0 Å². The number of amides is 1. The summed E-state index contributed by atoms with van der Waals surface area (Å²) < 4.78 is 6.18. The predicted octanol–water partition coefficient (Wildman–Crippen LogP) is 2.75. The summed E-state index contributed by atoms with van der Waals surface area (Å²) in [7, 11) is 0. The molecule has 144 valence electrons. The van der Waals surface area contributed by atoms with E-state index in [0.717, 1.165) is 4.57 Å². The Morgan fingerprint density at radius 3 is 2.61 bits per heavy atom. The van der Waals surface area contributed by atoms with E-state index in [4.69, 9.17) is 10.3 Å². The van der Waals surface area contributed by atoms with Gasteiger partial charge in [0, 0.05) is 12.1 Å². The zero-order valence-electron chi connectivity index (χ0n) is 15.5. The van der Waals surface area contributed by atoms with Crippen LogP contribution < -0.4 is 11.3 Å². The van der Waals surface area contributed by atoms with Crippen LogP contribution in [0.5, 0.6) is 5.88 Å². The second kappa shape index (κ2) is 7.43. The van der Waals surface area contributed by atoms with Gasteiger partial charge in [-0.1, -0.05) is 17.3 Å². The Kier molecular flexibility index (Phi) is 5.03. The number of primary amides is 1. The largest absolute Gasteiger partial charge is 0.494 e. The van der Waals surface area contributed by atoms with Crippen molar-refractivity contribution >= 4 is 17.3 Å². The predicted molar refractivity (Wildman–Crippen MR) is 99.9 cm³/mol. The smallest absolute Gasteiger partial charge is 0.281 e. The quantitative estimate of drug-likeness (QED) is 0.648. The average Bonchev–Trinajstić information content (AvgIpc) is 3.08. The summed E-state index contributed by atoms with van der Waals surface area (Å²) >= 11 is 0. The summed E-state index contributed by atoms with van der Waals surface area (Å²) in [5.74, 6) is -0.625. The van der Waals surface area contributed by atoms with Gasteiger partial charge in [0.2, 0.25) is 5.88 Å². The van der Waals surface area contributed by atoms with Crippen molar-refractivity contribution in [3.8, 4) is 17.3 Å². The topological polar surface area (TPSA) is 149 Å². The molecule has 3 N–H and O–H groups in total. The maximum absolute atomic E-state index is 12.7. The van der Waals surface area contributed by atoms with E-state index in [9.17, 15) is 14.7 Å². The number of hydrogen-bond acceptors (Lipinski definition) is 8. The minimum absolute atomic E-state index is 0.0926. The molecule has 0 bridgehead atoms. The zero-order chi connectivity index (χ0) is 20.4. The number of rotatable bonds is 5. The Hall–Kier alpha value is -3.82. The van der Waals surface area contributed by atoms with Crippen LogP contribution in [0.4, 0.5) is 11.4 Å². The molecule has 0 aliphatic carbocycles. The average molecular weight is 382 g/mol. The minimum atomic E-state index is -0.865. The van der Waals surface area contributed by atoms with Crippen LogP contribution in [0.15, 0.2) is 43.8 Å². The van der Waals surface area contributed by atoms with E-state index < -0.39 is 17.3 Å². The SMILES string of the molecule is CCn1c(O)c(C(N)=O)c(C)c(N=Nc2ccccc2-c2nc(C)no2)c1=O. The highest BCUT2D eigenvalue weighted by Gasteiger charge is 2.22. The molecule has 10 heteroatoms. The summed E-state index contributed by atoms with van der Waals surface area (Å²) in [6.45, 7) is 4.94. The molecular weight excluding hydrogens is 364 g/mol. The lowest BCUT2D eigenvalue weighted by Crippen LogP contribution is -2.25. The maximum Gasteiger partial charge on any atom is 0.281 e. The van der Waals surface area contributed by atoms with Crippen LogP contribution in [-0.4, -0.2) is 25.7 Å². The van der Waals surface area contributed by atoms with Crippen LogP contribution in [0.25, 0.3) is 11.5 Å². The molecule has 0 radical (unpaired) electrons. The Bertz CT molecular complexity index is 1150. The molecule has 0 saturated heterocycles. The van der Waals surface area contributed by atoms with Gasteiger partial charge in [-0.2, -0.15) is 4.98 Å². The first kappa shape index (κ1) is 19.0. The fraction of sp³-hybridized carbons (Fsp3) is 0.222. The van der Waals surface area contributed by atoms with Crippen LogP contribution >= 0.6 is 0 Å². The molecule has 0 aliphatic heterocycles. The Balaban J connectivity index is 2.16. The van der Waals surface area contributed by atoms with Gasteiger partial charge >= 0.3 is 0 Å². The number of nitrogens with two attached hydrogens (primary N) is 1. The van der Waals surface area contributed by atoms with Crippen LogP contribution in [-0.2, 0) is 6.54 Å². The first-order valence-corrected chi connectivity index (χ1v) is 8.42. The highest BCUT2D eigenvalue weighted by atomic mass is 16.5. The van der Waals surface area contributed by atoms with E-state index in [-0.39, 0.29) is 29.2 Å². The number of nitrogens with zero attached hydrogens (tertiary/aromatic N) is 5. The summed E-state index contributed by atoms with van der Waals surface area (Å²) in [4.78, 5) is 28.6. The van der Waals surface area contributed by atoms with Gasteiger partial charge in [-0.25, -0.2) is 0 Å². The molecule has 0 fully saturated rings. The van der Waals surface area contributed by atoms with Crippen molar-refractivity contribution in [1.29, 1.82) is 0 Å². The van der Waals surface area contributed by atoms with Crippen molar-refractivity contribution in [1.82, 2.24) is 14.7 Å². The highest BCUT2D eigenvalue weighted by Crippen LogP contribution is 2.31. The van der Waals surface area contributed by atoms with Gasteiger partial charge in [0.05, 0.1) is 11.3 Å². The van der Waals surface area contributed by atoms with Gasteiger partial charge in [-0.3, -0.25) is 14.2 Å². The van der Waals surface area contributed by atoms with Gasteiger partial charge in [0.15, 0.2) is 11.5 Å². The lowest BCUT2D eigenvalue weighted by molar-refractivity contribution is 0.0995. The van der Waals surface area contributed by atoms with Crippen LogP contribution in [0.1, 0.15) is 28.7 Å². The number of aromatic nitrogens is 3. The van der Waals surface area contributed by atoms with Crippen LogP contribution in [0.3, 0.4) is 0 Å². The number of pyridine rings is 1. The van der Waals surface area contributed by atoms with Crippen LogP contribution in [0.2, 0.25) is 0 Å². The van der Waals surface area contributed by atoms with Gasteiger partial charge < -0.3 is 15.4 Å². The Labute approximate surface area is 159 Å². The minimum Gasteiger partial charge on any atom is -0.494 e. The molecule has 3 rings (SSSR count). The summed E-state index contributed by atoms with van der Waals surface area (Å²) in [5.41, 5.74) is 5.58. The molecule has 28 heavy (non-hydrogen) atoms. The number of carbonyl (C=O) groups excluding carboxylic acids is 1. The van der Waals surface area contributed by atoms with Crippen molar-refractivity contribution in [3.63, 3.8) is 0 Å². The van der Waals surface area contributed by atoms with E-state index in [2.05, 4.69) is 20.4 Å². The first-order chi connectivity index (χ1) is 13.3. The normalized spacial score (nSPS) is 11.2. The molecule has 0 atom stereocenters. The fourth-order valence-corrected chi connectivity index (χ4v) is 2.76. The molecule has 2 heterocycles. The zero-order valence-corrected chi connectivity index (χ0v) is 15.5. The van der Waals surface area contributed by atoms with E-state index in [1.807, 2.05) is 0 Å². The van der Waals surface area contributed by atoms with Gasteiger partial charge in [0.1, 0.15) is 5.56 Å². The van der Waals surface area contributed by atoms with Crippen molar-refractivity contribution in [2.45, 2.75) is 27.3 Å². The number of azo groups is 1. The summed E-state index contributed by atoms with van der Waals surface area (Å²) in [6, 6.07) is 6.91. The number of aryl methyl sites for hydroxylation is 1. The lowest BCUT2D eigenvalue weighted by atomic mass is 10.1. The van der Waals surface area contributed by atoms with Crippen LogP contribution in [0, 0.1) is 13.8 Å². The second-order valence-electron chi connectivity index (χ2n) is 5.95. The number of aromatic hydroxyl groups is 1.